The fourth-order valence-electron chi connectivity index (χ4n) is 2.46. The van der Waals surface area contributed by atoms with Crippen LogP contribution < -0.4 is 5.32 Å². The van der Waals surface area contributed by atoms with E-state index in [9.17, 15) is 5.11 Å². The van der Waals surface area contributed by atoms with E-state index in [4.69, 9.17) is 0 Å². The number of aromatic hydroxyl groups is 1. The number of phenols is 1. The molecule has 100 valence electrons. The van der Waals surface area contributed by atoms with Gasteiger partial charge >= 0.3 is 0 Å². The van der Waals surface area contributed by atoms with Crippen LogP contribution in [0.3, 0.4) is 0 Å². The third-order valence-corrected chi connectivity index (χ3v) is 4.07. The summed E-state index contributed by atoms with van der Waals surface area (Å²) in [6.07, 6.45) is 7.94. The standard InChI is InChI=1S/C16H25NO/c1-13(17-12-11-14-3-2-4-14)5-6-15-7-9-16(18)10-8-15/h7-10,13-14,17-18H,2-6,11-12H2,1H3. The smallest absolute Gasteiger partial charge is 0.115 e. The van der Waals surface area contributed by atoms with Gasteiger partial charge in [0.25, 0.3) is 0 Å². The van der Waals surface area contributed by atoms with Gasteiger partial charge in [0, 0.05) is 6.04 Å². The Morgan fingerprint density at radius 1 is 1.28 bits per heavy atom. The molecule has 2 N–H and O–H groups in total. The summed E-state index contributed by atoms with van der Waals surface area (Å²) in [6.45, 7) is 3.43. The van der Waals surface area contributed by atoms with E-state index in [2.05, 4.69) is 12.2 Å². The average Bonchev–Trinajstić information content (AvgIpc) is 2.32. The van der Waals surface area contributed by atoms with Gasteiger partial charge in [0.1, 0.15) is 5.75 Å². The first-order chi connectivity index (χ1) is 8.74. The number of hydrogen-bond acceptors (Lipinski definition) is 2. The number of aryl methyl sites for hydroxylation is 1. The molecule has 1 aromatic carbocycles. The lowest BCUT2D eigenvalue weighted by atomic mass is 9.83. The fourth-order valence-corrected chi connectivity index (χ4v) is 2.46. The lowest BCUT2D eigenvalue weighted by Crippen LogP contribution is -2.29. The van der Waals surface area contributed by atoms with Crippen LogP contribution in [-0.2, 0) is 6.42 Å². The highest BCUT2D eigenvalue weighted by molar-refractivity contribution is 5.25. The predicted octanol–water partition coefficient (Wildman–Crippen LogP) is 3.49. The van der Waals surface area contributed by atoms with Gasteiger partial charge in [0.05, 0.1) is 0 Å². The van der Waals surface area contributed by atoms with Crippen molar-refractivity contribution in [3.63, 3.8) is 0 Å². The molecule has 0 bridgehead atoms. The van der Waals surface area contributed by atoms with Crippen LogP contribution in [0.2, 0.25) is 0 Å². The molecule has 0 amide bonds. The third kappa shape index (κ3) is 4.34. The molecule has 1 atom stereocenters. The molecule has 1 unspecified atom stereocenters. The largest absolute Gasteiger partial charge is 0.508 e. The van der Waals surface area contributed by atoms with Gasteiger partial charge in [-0.3, -0.25) is 0 Å². The monoisotopic (exact) mass is 247 g/mol. The topological polar surface area (TPSA) is 32.3 Å². The highest BCUT2D eigenvalue weighted by Crippen LogP contribution is 2.28. The molecule has 0 spiro atoms. The van der Waals surface area contributed by atoms with Crippen LogP contribution >= 0.6 is 0 Å². The predicted molar refractivity (Wildman–Crippen MR) is 75.9 cm³/mol. The van der Waals surface area contributed by atoms with Gasteiger partial charge in [-0.15, -0.1) is 0 Å². The van der Waals surface area contributed by atoms with Crippen molar-refractivity contribution in [3.8, 4) is 5.75 Å². The Morgan fingerprint density at radius 2 is 2.00 bits per heavy atom. The van der Waals surface area contributed by atoms with E-state index in [1.807, 2.05) is 12.1 Å². The molecule has 0 saturated heterocycles. The molecule has 1 aromatic rings. The molecule has 2 heteroatoms. The Balaban J connectivity index is 1.58. The third-order valence-electron chi connectivity index (χ3n) is 4.07. The number of benzene rings is 1. The summed E-state index contributed by atoms with van der Waals surface area (Å²) in [4.78, 5) is 0. The Morgan fingerprint density at radius 3 is 2.61 bits per heavy atom. The molecule has 2 rings (SSSR count). The van der Waals surface area contributed by atoms with Crippen molar-refractivity contribution in [1.82, 2.24) is 5.32 Å². The van der Waals surface area contributed by atoms with Crippen molar-refractivity contribution in [2.24, 2.45) is 5.92 Å². The number of rotatable bonds is 7. The SMILES string of the molecule is CC(CCc1ccc(O)cc1)NCCC1CCC1. The van der Waals surface area contributed by atoms with E-state index < -0.39 is 0 Å². The zero-order valence-electron chi connectivity index (χ0n) is 11.4. The van der Waals surface area contributed by atoms with Gasteiger partial charge in [-0.05, 0) is 56.3 Å². The van der Waals surface area contributed by atoms with Gasteiger partial charge in [-0.25, -0.2) is 0 Å². The second kappa shape index (κ2) is 6.79. The van der Waals surface area contributed by atoms with Crippen LogP contribution in [0.4, 0.5) is 0 Å². The molecule has 18 heavy (non-hydrogen) atoms. The number of phenolic OH excluding ortho intramolecular Hbond substituents is 1. The Bertz CT molecular complexity index is 343. The summed E-state index contributed by atoms with van der Waals surface area (Å²) >= 11 is 0. The van der Waals surface area contributed by atoms with Crippen LogP contribution in [0, 0.1) is 5.92 Å². The highest BCUT2D eigenvalue weighted by atomic mass is 16.3. The summed E-state index contributed by atoms with van der Waals surface area (Å²) < 4.78 is 0. The second-order valence-electron chi connectivity index (χ2n) is 5.65. The van der Waals surface area contributed by atoms with Crippen molar-refractivity contribution in [2.75, 3.05) is 6.54 Å². The average molecular weight is 247 g/mol. The number of hydrogen-bond donors (Lipinski definition) is 2. The minimum absolute atomic E-state index is 0.352. The molecular weight excluding hydrogens is 222 g/mol. The van der Waals surface area contributed by atoms with E-state index in [0.29, 0.717) is 11.8 Å². The van der Waals surface area contributed by atoms with Gasteiger partial charge in [0.15, 0.2) is 0 Å². The Labute approximate surface area is 110 Å². The van der Waals surface area contributed by atoms with E-state index in [0.717, 1.165) is 18.8 Å². The summed E-state index contributed by atoms with van der Waals surface area (Å²) in [7, 11) is 0. The maximum Gasteiger partial charge on any atom is 0.115 e. The van der Waals surface area contributed by atoms with Crippen molar-refractivity contribution in [2.45, 2.75) is 51.5 Å². The van der Waals surface area contributed by atoms with E-state index in [1.165, 1.54) is 37.8 Å². The summed E-state index contributed by atoms with van der Waals surface area (Å²) in [5.41, 5.74) is 1.31. The van der Waals surface area contributed by atoms with Crippen molar-refractivity contribution >= 4 is 0 Å². The molecule has 1 aliphatic rings. The zero-order valence-corrected chi connectivity index (χ0v) is 11.4. The van der Waals surface area contributed by atoms with E-state index >= 15 is 0 Å². The van der Waals surface area contributed by atoms with Crippen LogP contribution in [0.15, 0.2) is 24.3 Å². The fraction of sp³-hybridized carbons (Fsp3) is 0.625. The Hall–Kier alpha value is -1.02. The van der Waals surface area contributed by atoms with Crippen LogP contribution in [0.25, 0.3) is 0 Å². The molecule has 0 aliphatic heterocycles. The first-order valence-electron chi connectivity index (χ1n) is 7.25. The van der Waals surface area contributed by atoms with Crippen LogP contribution in [0.1, 0.15) is 44.6 Å². The lowest BCUT2D eigenvalue weighted by molar-refractivity contribution is 0.287. The van der Waals surface area contributed by atoms with E-state index in [1.54, 1.807) is 12.1 Å². The summed E-state index contributed by atoms with van der Waals surface area (Å²) in [5.74, 6) is 1.35. The van der Waals surface area contributed by atoms with Gasteiger partial charge in [-0.2, -0.15) is 0 Å². The van der Waals surface area contributed by atoms with Crippen molar-refractivity contribution < 1.29 is 5.11 Å². The molecular formula is C16H25NO. The highest BCUT2D eigenvalue weighted by Gasteiger charge is 2.16. The molecule has 1 saturated carbocycles. The minimum Gasteiger partial charge on any atom is -0.508 e. The minimum atomic E-state index is 0.352. The lowest BCUT2D eigenvalue weighted by Gasteiger charge is -2.26. The first-order valence-corrected chi connectivity index (χ1v) is 7.25. The van der Waals surface area contributed by atoms with Gasteiger partial charge < -0.3 is 10.4 Å². The van der Waals surface area contributed by atoms with Crippen molar-refractivity contribution in [1.29, 1.82) is 0 Å². The molecule has 0 radical (unpaired) electrons. The molecule has 0 heterocycles. The first kappa shape index (κ1) is 13.4. The van der Waals surface area contributed by atoms with Crippen LogP contribution in [0.5, 0.6) is 5.75 Å². The normalized spacial score (nSPS) is 17.4. The number of nitrogens with one attached hydrogen (secondary N) is 1. The molecule has 2 nitrogen and oxygen atoms in total. The Kier molecular flexibility index (Phi) is 5.06. The summed E-state index contributed by atoms with van der Waals surface area (Å²) in [6, 6.07) is 8.14. The summed E-state index contributed by atoms with van der Waals surface area (Å²) in [5, 5.41) is 12.8. The van der Waals surface area contributed by atoms with E-state index in [-0.39, 0.29) is 0 Å². The maximum absolute atomic E-state index is 9.22. The second-order valence-corrected chi connectivity index (χ2v) is 5.65. The molecule has 1 aliphatic carbocycles. The zero-order chi connectivity index (χ0) is 12.8. The van der Waals surface area contributed by atoms with Crippen molar-refractivity contribution in [3.05, 3.63) is 29.8 Å². The molecule has 0 aromatic heterocycles. The molecule has 1 fully saturated rings. The quantitative estimate of drug-likeness (QED) is 0.773. The maximum atomic E-state index is 9.22. The van der Waals surface area contributed by atoms with Crippen LogP contribution in [-0.4, -0.2) is 17.7 Å². The van der Waals surface area contributed by atoms with Gasteiger partial charge in [0.2, 0.25) is 0 Å². The van der Waals surface area contributed by atoms with Gasteiger partial charge in [-0.1, -0.05) is 31.4 Å².